The standard InChI is InChI=1S/C14H19N3O2S/c18-12(9-15-8-10-3-4-10)17-6-5-16-14(19)13(17)11-2-1-7-20-11/h1-2,7,10,13,15H,3-6,8-9H2,(H,16,19). The normalized spacial score (nSPS) is 22.7. The van der Waals surface area contributed by atoms with Crippen LogP contribution in [0.4, 0.5) is 0 Å². The fourth-order valence-electron chi connectivity index (χ4n) is 2.47. The van der Waals surface area contributed by atoms with Crippen LogP contribution in [-0.4, -0.2) is 42.9 Å². The molecular formula is C14H19N3O2S. The molecule has 20 heavy (non-hydrogen) atoms. The van der Waals surface area contributed by atoms with Gasteiger partial charge in [-0.3, -0.25) is 9.59 Å². The average Bonchev–Trinajstić information content (AvgIpc) is 3.11. The molecule has 1 aromatic rings. The second kappa shape index (κ2) is 5.93. The van der Waals surface area contributed by atoms with Crippen LogP contribution in [-0.2, 0) is 9.59 Å². The first-order valence-corrected chi connectivity index (χ1v) is 7.95. The van der Waals surface area contributed by atoms with E-state index in [2.05, 4.69) is 10.6 Å². The van der Waals surface area contributed by atoms with Crippen LogP contribution in [0.25, 0.3) is 0 Å². The summed E-state index contributed by atoms with van der Waals surface area (Å²) in [7, 11) is 0. The van der Waals surface area contributed by atoms with Gasteiger partial charge < -0.3 is 15.5 Å². The van der Waals surface area contributed by atoms with Crippen LogP contribution in [0.1, 0.15) is 23.8 Å². The summed E-state index contributed by atoms with van der Waals surface area (Å²) in [5, 5.41) is 7.98. The summed E-state index contributed by atoms with van der Waals surface area (Å²) in [6.45, 7) is 2.36. The van der Waals surface area contributed by atoms with Gasteiger partial charge in [-0.15, -0.1) is 11.3 Å². The van der Waals surface area contributed by atoms with Crippen LogP contribution in [0.3, 0.4) is 0 Å². The first-order chi connectivity index (χ1) is 9.75. The van der Waals surface area contributed by atoms with Crippen molar-refractivity contribution in [1.82, 2.24) is 15.5 Å². The third-order valence-corrected chi connectivity index (χ3v) is 4.68. The third kappa shape index (κ3) is 3.02. The smallest absolute Gasteiger partial charge is 0.248 e. The molecule has 6 heteroatoms. The van der Waals surface area contributed by atoms with Gasteiger partial charge in [0.15, 0.2) is 0 Å². The molecule has 1 unspecified atom stereocenters. The summed E-state index contributed by atoms with van der Waals surface area (Å²) >= 11 is 1.52. The lowest BCUT2D eigenvalue weighted by molar-refractivity contribution is -0.142. The minimum atomic E-state index is -0.459. The topological polar surface area (TPSA) is 61.4 Å². The predicted molar refractivity (Wildman–Crippen MR) is 77.4 cm³/mol. The maximum Gasteiger partial charge on any atom is 0.248 e. The number of thiophene rings is 1. The van der Waals surface area contributed by atoms with Gasteiger partial charge in [0.05, 0.1) is 6.54 Å². The van der Waals surface area contributed by atoms with Crippen molar-refractivity contribution in [2.45, 2.75) is 18.9 Å². The number of hydrogen-bond acceptors (Lipinski definition) is 4. The summed E-state index contributed by atoms with van der Waals surface area (Å²) in [5.74, 6) is 0.689. The molecule has 2 amide bonds. The average molecular weight is 293 g/mol. The monoisotopic (exact) mass is 293 g/mol. The molecule has 1 saturated heterocycles. The summed E-state index contributed by atoms with van der Waals surface area (Å²) in [5.41, 5.74) is 0. The molecule has 1 aromatic heterocycles. The zero-order valence-electron chi connectivity index (χ0n) is 11.3. The molecule has 5 nitrogen and oxygen atoms in total. The molecule has 2 fully saturated rings. The Morgan fingerprint density at radius 3 is 3.05 bits per heavy atom. The Labute approximate surface area is 122 Å². The second-order valence-electron chi connectivity index (χ2n) is 5.37. The summed E-state index contributed by atoms with van der Waals surface area (Å²) in [4.78, 5) is 27.0. The minimum Gasteiger partial charge on any atom is -0.352 e. The molecule has 0 spiro atoms. The van der Waals surface area contributed by atoms with Crippen molar-refractivity contribution in [2.75, 3.05) is 26.2 Å². The van der Waals surface area contributed by atoms with Crippen LogP contribution in [0, 0.1) is 5.92 Å². The molecular weight excluding hydrogens is 274 g/mol. The number of nitrogens with one attached hydrogen (secondary N) is 2. The van der Waals surface area contributed by atoms with E-state index >= 15 is 0 Å². The highest BCUT2D eigenvalue weighted by molar-refractivity contribution is 7.10. The molecule has 1 aliphatic heterocycles. The highest BCUT2D eigenvalue weighted by atomic mass is 32.1. The van der Waals surface area contributed by atoms with Crippen molar-refractivity contribution in [1.29, 1.82) is 0 Å². The van der Waals surface area contributed by atoms with Gasteiger partial charge in [0.2, 0.25) is 11.8 Å². The third-order valence-electron chi connectivity index (χ3n) is 3.75. The fourth-order valence-corrected chi connectivity index (χ4v) is 3.31. The van der Waals surface area contributed by atoms with Gasteiger partial charge in [0.1, 0.15) is 6.04 Å². The van der Waals surface area contributed by atoms with Gasteiger partial charge in [-0.25, -0.2) is 0 Å². The van der Waals surface area contributed by atoms with Crippen molar-refractivity contribution < 1.29 is 9.59 Å². The molecule has 1 saturated carbocycles. The molecule has 0 aromatic carbocycles. The second-order valence-corrected chi connectivity index (χ2v) is 6.35. The van der Waals surface area contributed by atoms with Crippen molar-refractivity contribution >= 4 is 23.2 Å². The van der Waals surface area contributed by atoms with Crippen LogP contribution >= 0.6 is 11.3 Å². The zero-order chi connectivity index (χ0) is 13.9. The van der Waals surface area contributed by atoms with E-state index in [9.17, 15) is 9.59 Å². The quantitative estimate of drug-likeness (QED) is 0.842. The van der Waals surface area contributed by atoms with E-state index < -0.39 is 6.04 Å². The predicted octanol–water partition coefficient (Wildman–Crippen LogP) is 0.747. The maximum atomic E-state index is 12.3. The number of amides is 2. The van der Waals surface area contributed by atoms with Crippen LogP contribution in [0.15, 0.2) is 17.5 Å². The van der Waals surface area contributed by atoms with Gasteiger partial charge in [0, 0.05) is 18.0 Å². The highest BCUT2D eigenvalue weighted by Gasteiger charge is 2.34. The van der Waals surface area contributed by atoms with Gasteiger partial charge in [0.25, 0.3) is 0 Å². The summed E-state index contributed by atoms with van der Waals surface area (Å²) in [6.07, 6.45) is 2.54. The Balaban J connectivity index is 1.64. The molecule has 1 atom stereocenters. The van der Waals surface area contributed by atoms with E-state index in [4.69, 9.17) is 0 Å². The van der Waals surface area contributed by atoms with Gasteiger partial charge in [-0.2, -0.15) is 0 Å². The molecule has 108 valence electrons. The summed E-state index contributed by atoms with van der Waals surface area (Å²) in [6, 6.07) is 3.37. The number of hydrogen-bond donors (Lipinski definition) is 2. The van der Waals surface area contributed by atoms with Gasteiger partial charge in [-0.1, -0.05) is 6.07 Å². The SMILES string of the molecule is O=C1NCCN(C(=O)CNCC2CC2)C1c1cccs1. The highest BCUT2D eigenvalue weighted by Crippen LogP contribution is 2.28. The Bertz CT molecular complexity index is 485. The van der Waals surface area contributed by atoms with Crippen LogP contribution < -0.4 is 10.6 Å². The Hall–Kier alpha value is -1.40. The largest absolute Gasteiger partial charge is 0.352 e. The number of nitrogens with zero attached hydrogens (tertiary/aromatic N) is 1. The Morgan fingerprint density at radius 2 is 2.35 bits per heavy atom. The van der Waals surface area contributed by atoms with E-state index in [-0.39, 0.29) is 11.8 Å². The van der Waals surface area contributed by atoms with Crippen LogP contribution in [0.2, 0.25) is 0 Å². The molecule has 2 N–H and O–H groups in total. The summed E-state index contributed by atoms with van der Waals surface area (Å²) < 4.78 is 0. The van der Waals surface area contributed by atoms with Crippen LogP contribution in [0.5, 0.6) is 0 Å². The van der Waals surface area contributed by atoms with Crippen molar-refractivity contribution in [3.63, 3.8) is 0 Å². The lowest BCUT2D eigenvalue weighted by Gasteiger charge is -2.34. The van der Waals surface area contributed by atoms with Crippen molar-refractivity contribution in [2.24, 2.45) is 5.92 Å². The molecule has 0 bridgehead atoms. The van der Waals surface area contributed by atoms with Crippen molar-refractivity contribution in [3.8, 4) is 0 Å². The Morgan fingerprint density at radius 1 is 1.50 bits per heavy atom. The van der Waals surface area contributed by atoms with E-state index in [0.29, 0.717) is 19.6 Å². The number of carbonyl (C=O) groups is 2. The molecule has 2 heterocycles. The molecule has 2 aliphatic rings. The molecule has 1 aliphatic carbocycles. The number of carbonyl (C=O) groups excluding carboxylic acids is 2. The maximum absolute atomic E-state index is 12.3. The molecule has 0 radical (unpaired) electrons. The van der Waals surface area contributed by atoms with E-state index in [1.807, 2.05) is 17.5 Å². The number of rotatable bonds is 5. The van der Waals surface area contributed by atoms with E-state index in [1.165, 1.54) is 24.2 Å². The fraction of sp³-hybridized carbons (Fsp3) is 0.571. The van der Waals surface area contributed by atoms with Crippen molar-refractivity contribution in [3.05, 3.63) is 22.4 Å². The first kappa shape index (κ1) is 13.6. The lowest BCUT2D eigenvalue weighted by atomic mass is 10.1. The van der Waals surface area contributed by atoms with E-state index in [1.54, 1.807) is 4.90 Å². The molecule has 3 rings (SSSR count). The van der Waals surface area contributed by atoms with E-state index in [0.717, 1.165) is 17.3 Å². The van der Waals surface area contributed by atoms with Gasteiger partial charge in [-0.05, 0) is 36.8 Å². The first-order valence-electron chi connectivity index (χ1n) is 7.07. The Kier molecular flexibility index (Phi) is 4.03. The van der Waals surface area contributed by atoms with Gasteiger partial charge >= 0.3 is 0 Å². The lowest BCUT2D eigenvalue weighted by Crippen LogP contribution is -2.53. The zero-order valence-corrected chi connectivity index (χ0v) is 12.1. The number of piperazine rings is 1. The minimum absolute atomic E-state index is 0.0129.